The van der Waals surface area contributed by atoms with Gasteiger partial charge in [0.15, 0.2) is 5.78 Å². The summed E-state index contributed by atoms with van der Waals surface area (Å²) in [4.78, 5) is 26.0. The fourth-order valence-electron chi connectivity index (χ4n) is 3.57. The minimum absolute atomic E-state index is 0.108. The highest BCUT2D eigenvalue weighted by molar-refractivity contribution is 6.15. The van der Waals surface area contributed by atoms with Gasteiger partial charge in [-0.3, -0.25) is 9.59 Å². The third kappa shape index (κ3) is 3.83. The first-order valence-electron chi connectivity index (χ1n) is 9.41. The van der Waals surface area contributed by atoms with E-state index in [0.717, 1.165) is 11.3 Å². The average Bonchev–Trinajstić information content (AvgIpc) is 2.79. The second-order valence-corrected chi connectivity index (χ2v) is 6.81. The van der Waals surface area contributed by atoms with Crippen molar-refractivity contribution in [3.63, 3.8) is 0 Å². The first-order chi connectivity index (χ1) is 14.2. The Bertz CT molecular complexity index is 1050. The molecule has 0 unspecified atom stereocenters. The molecule has 0 aromatic heterocycles. The topological polar surface area (TPSA) is 52.6 Å². The molecule has 3 aromatic carbocycles. The summed E-state index contributed by atoms with van der Waals surface area (Å²) in [5, 5.41) is 0. The molecule has 144 valence electrons. The normalized spacial score (nSPS) is 16.3. The van der Waals surface area contributed by atoms with Gasteiger partial charge in [-0.05, 0) is 17.7 Å². The highest BCUT2D eigenvalue weighted by atomic mass is 16.5. The molecule has 0 saturated heterocycles. The summed E-state index contributed by atoms with van der Waals surface area (Å²) in [6.07, 6.45) is 0.108. The van der Waals surface area contributed by atoms with E-state index in [9.17, 15) is 9.59 Å². The van der Waals surface area contributed by atoms with Crippen molar-refractivity contribution in [1.29, 1.82) is 0 Å². The van der Waals surface area contributed by atoms with Crippen molar-refractivity contribution in [2.45, 2.75) is 12.3 Å². The highest BCUT2D eigenvalue weighted by Crippen LogP contribution is 2.40. The van der Waals surface area contributed by atoms with E-state index < -0.39 is 5.92 Å². The van der Waals surface area contributed by atoms with Crippen molar-refractivity contribution in [1.82, 2.24) is 0 Å². The number of allylic oxidation sites excluding steroid dienone is 1. The molecule has 0 N–H and O–H groups in total. The smallest absolute Gasteiger partial charge is 0.312 e. The lowest BCUT2D eigenvalue weighted by Crippen LogP contribution is -2.24. The minimum atomic E-state index is -0.398. The van der Waals surface area contributed by atoms with Gasteiger partial charge in [0, 0.05) is 17.0 Å². The van der Waals surface area contributed by atoms with Gasteiger partial charge < -0.3 is 9.47 Å². The predicted octanol–water partition coefficient (Wildman–Crippen LogP) is 5.02. The van der Waals surface area contributed by atoms with Gasteiger partial charge >= 0.3 is 5.97 Å². The number of rotatable bonds is 5. The quantitative estimate of drug-likeness (QED) is 0.458. The van der Waals surface area contributed by atoms with Crippen LogP contribution in [0.1, 0.15) is 33.8 Å². The number of hydrogen-bond donors (Lipinski definition) is 0. The van der Waals surface area contributed by atoms with Gasteiger partial charge in [0.25, 0.3) is 0 Å². The molecule has 4 nitrogen and oxygen atoms in total. The maximum atomic E-state index is 13.5. The zero-order valence-electron chi connectivity index (χ0n) is 16.0. The molecule has 29 heavy (non-hydrogen) atoms. The van der Waals surface area contributed by atoms with Crippen molar-refractivity contribution < 1.29 is 19.1 Å². The van der Waals surface area contributed by atoms with Crippen molar-refractivity contribution in [3.8, 4) is 5.75 Å². The van der Waals surface area contributed by atoms with E-state index in [1.165, 1.54) is 0 Å². The molecule has 4 heteroatoms. The molecule has 1 heterocycles. The van der Waals surface area contributed by atoms with Crippen LogP contribution in [0.5, 0.6) is 5.75 Å². The summed E-state index contributed by atoms with van der Waals surface area (Å²) in [6.45, 7) is 0. The molecule has 0 bridgehead atoms. The van der Waals surface area contributed by atoms with Gasteiger partial charge in [0.2, 0.25) is 0 Å². The number of ether oxygens (including phenoxy) is 2. The summed E-state index contributed by atoms with van der Waals surface area (Å²) in [5.41, 5.74) is 2.63. The Kier molecular flexibility index (Phi) is 5.25. The standard InChI is InChI=1S/C25H20O4/c1-28-20-14-12-17(13-15-20)21-16-22(26)29-25(19-10-6-3-7-11-19)23(21)24(27)18-8-4-2-5-9-18/h2-15,21H,16H2,1H3/t21-/m1/s1. The van der Waals surface area contributed by atoms with Crippen LogP contribution >= 0.6 is 0 Å². The maximum Gasteiger partial charge on any atom is 0.312 e. The van der Waals surface area contributed by atoms with E-state index in [0.29, 0.717) is 22.5 Å². The molecule has 0 fully saturated rings. The van der Waals surface area contributed by atoms with Crippen LogP contribution in [0.3, 0.4) is 0 Å². The summed E-state index contributed by atoms with van der Waals surface area (Å²) in [5.74, 6) is 0.156. The Hall–Kier alpha value is -3.66. The van der Waals surface area contributed by atoms with Gasteiger partial charge in [0.05, 0.1) is 19.1 Å². The average molecular weight is 384 g/mol. The highest BCUT2D eigenvalue weighted by Gasteiger charge is 2.36. The molecule has 3 aromatic rings. The van der Waals surface area contributed by atoms with Crippen LogP contribution < -0.4 is 4.74 Å². The van der Waals surface area contributed by atoms with Crippen molar-refractivity contribution in [2.24, 2.45) is 0 Å². The zero-order chi connectivity index (χ0) is 20.2. The third-order valence-electron chi connectivity index (χ3n) is 5.01. The Morgan fingerprint density at radius 3 is 2.14 bits per heavy atom. The fraction of sp³-hybridized carbons (Fsp3) is 0.120. The van der Waals surface area contributed by atoms with Gasteiger partial charge in [-0.15, -0.1) is 0 Å². The van der Waals surface area contributed by atoms with E-state index in [4.69, 9.17) is 9.47 Å². The van der Waals surface area contributed by atoms with Crippen LogP contribution in [-0.2, 0) is 9.53 Å². The summed E-state index contributed by atoms with van der Waals surface area (Å²) >= 11 is 0. The fourth-order valence-corrected chi connectivity index (χ4v) is 3.57. The van der Waals surface area contributed by atoms with E-state index in [1.807, 2.05) is 72.8 Å². The molecule has 0 amide bonds. The van der Waals surface area contributed by atoms with Gasteiger partial charge in [-0.2, -0.15) is 0 Å². The van der Waals surface area contributed by atoms with Crippen molar-refractivity contribution in [2.75, 3.05) is 7.11 Å². The number of Topliss-reactive ketones (excluding diaryl/α,β-unsaturated/α-hetero) is 1. The number of esters is 1. The van der Waals surface area contributed by atoms with Crippen LogP contribution in [0.25, 0.3) is 5.76 Å². The molecule has 0 radical (unpaired) electrons. The number of ketones is 1. The number of benzene rings is 3. The number of cyclic esters (lactones) is 1. The van der Waals surface area contributed by atoms with Crippen molar-refractivity contribution >= 4 is 17.5 Å². The molecule has 1 aliphatic heterocycles. The minimum Gasteiger partial charge on any atom is -0.497 e. The van der Waals surface area contributed by atoms with Gasteiger partial charge in [-0.1, -0.05) is 72.8 Å². The number of carbonyl (C=O) groups is 2. The van der Waals surface area contributed by atoms with E-state index in [2.05, 4.69) is 0 Å². The zero-order valence-corrected chi connectivity index (χ0v) is 16.0. The Morgan fingerprint density at radius 1 is 0.897 bits per heavy atom. The van der Waals surface area contributed by atoms with E-state index in [1.54, 1.807) is 19.2 Å². The lowest BCUT2D eigenvalue weighted by atomic mass is 9.81. The van der Waals surface area contributed by atoms with E-state index >= 15 is 0 Å². The van der Waals surface area contributed by atoms with Crippen LogP contribution in [0, 0.1) is 0 Å². The van der Waals surface area contributed by atoms with E-state index in [-0.39, 0.29) is 18.2 Å². The second kappa shape index (κ2) is 8.15. The molecule has 1 atom stereocenters. The molecular weight excluding hydrogens is 364 g/mol. The lowest BCUT2D eigenvalue weighted by molar-refractivity contribution is -0.137. The first kappa shape index (κ1) is 18.7. The van der Waals surface area contributed by atoms with Crippen LogP contribution in [0.4, 0.5) is 0 Å². The molecule has 1 aliphatic rings. The molecular formula is C25H20O4. The van der Waals surface area contributed by atoms with Crippen molar-refractivity contribution in [3.05, 3.63) is 107 Å². The number of hydrogen-bond acceptors (Lipinski definition) is 4. The Labute approximate surface area is 169 Å². The molecule has 0 spiro atoms. The predicted molar refractivity (Wildman–Crippen MR) is 111 cm³/mol. The summed E-state index contributed by atoms with van der Waals surface area (Å²) < 4.78 is 10.9. The second-order valence-electron chi connectivity index (χ2n) is 6.81. The van der Waals surface area contributed by atoms with Gasteiger partial charge in [0.1, 0.15) is 11.5 Å². The summed E-state index contributed by atoms with van der Waals surface area (Å²) in [6, 6.07) is 25.8. The lowest BCUT2D eigenvalue weighted by Gasteiger charge is -2.27. The monoisotopic (exact) mass is 384 g/mol. The molecule has 0 saturated carbocycles. The van der Waals surface area contributed by atoms with Crippen LogP contribution in [0.2, 0.25) is 0 Å². The van der Waals surface area contributed by atoms with Crippen LogP contribution in [-0.4, -0.2) is 18.9 Å². The molecule has 4 rings (SSSR count). The third-order valence-corrected chi connectivity index (χ3v) is 5.01. The molecule has 0 aliphatic carbocycles. The Morgan fingerprint density at radius 2 is 1.52 bits per heavy atom. The SMILES string of the molecule is COc1ccc([C@H]2CC(=O)OC(c3ccccc3)=C2C(=O)c2ccccc2)cc1. The number of carbonyl (C=O) groups excluding carboxylic acids is 2. The number of methoxy groups -OCH3 is 1. The largest absolute Gasteiger partial charge is 0.497 e. The maximum absolute atomic E-state index is 13.5. The van der Waals surface area contributed by atoms with Crippen LogP contribution in [0.15, 0.2) is 90.5 Å². The van der Waals surface area contributed by atoms with Gasteiger partial charge in [-0.25, -0.2) is 0 Å². The first-order valence-corrected chi connectivity index (χ1v) is 9.41. The Balaban J connectivity index is 1.90. The summed E-state index contributed by atoms with van der Waals surface area (Å²) in [7, 11) is 1.60.